The van der Waals surface area contributed by atoms with E-state index in [0.717, 1.165) is 0 Å². The van der Waals surface area contributed by atoms with Crippen LogP contribution in [0.1, 0.15) is 0 Å². The fourth-order valence-electron chi connectivity index (χ4n) is 1.69. The van der Waals surface area contributed by atoms with E-state index in [1.165, 1.54) is 6.07 Å². The molecule has 2 rings (SSSR count). The standard InChI is InChI=1S/C10H10N2O3S/c11-8-5-9(12)10(16(13,14)15)7-4-2-1-3-6(7)8/h1-5H,11-12H2,(H,13,14,15). The van der Waals surface area contributed by atoms with Gasteiger partial charge in [0.25, 0.3) is 10.1 Å². The Morgan fingerprint density at radius 3 is 2.12 bits per heavy atom. The summed E-state index contributed by atoms with van der Waals surface area (Å²) in [5, 5.41) is 0.867. The van der Waals surface area contributed by atoms with Gasteiger partial charge < -0.3 is 11.5 Å². The van der Waals surface area contributed by atoms with Crippen molar-refractivity contribution in [2.75, 3.05) is 11.5 Å². The summed E-state index contributed by atoms with van der Waals surface area (Å²) in [6.07, 6.45) is 0. The summed E-state index contributed by atoms with van der Waals surface area (Å²) < 4.78 is 31.5. The lowest BCUT2D eigenvalue weighted by atomic mass is 10.1. The van der Waals surface area contributed by atoms with Gasteiger partial charge in [0.2, 0.25) is 0 Å². The van der Waals surface area contributed by atoms with Crippen LogP contribution in [-0.2, 0) is 10.1 Å². The minimum Gasteiger partial charge on any atom is -0.398 e. The summed E-state index contributed by atoms with van der Waals surface area (Å²) in [5.41, 5.74) is 11.6. The van der Waals surface area contributed by atoms with Gasteiger partial charge in [0, 0.05) is 16.5 Å². The van der Waals surface area contributed by atoms with Gasteiger partial charge in [-0.3, -0.25) is 4.55 Å². The highest BCUT2D eigenvalue weighted by Crippen LogP contribution is 2.32. The molecule has 5 N–H and O–H groups in total. The quantitative estimate of drug-likeness (QED) is 0.512. The van der Waals surface area contributed by atoms with Gasteiger partial charge in [-0.25, -0.2) is 0 Å². The highest BCUT2D eigenvalue weighted by molar-refractivity contribution is 7.86. The van der Waals surface area contributed by atoms with E-state index in [1.807, 2.05) is 0 Å². The van der Waals surface area contributed by atoms with Crippen LogP contribution in [0.3, 0.4) is 0 Å². The second kappa shape index (κ2) is 3.36. The third kappa shape index (κ3) is 1.58. The van der Waals surface area contributed by atoms with Crippen LogP contribution < -0.4 is 11.5 Å². The first-order chi connectivity index (χ1) is 7.41. The van der Waals surface area contributed by atoms with Crippen molar-refractivity contribution in [2.45, 2.75) is 4.90 Å². The Bertz CT molecular complexity index is 665. The van der Waals surface area contributed by atoms with Crippen LogP contribution in [0.2, 0.25) is 0 Å². The normalized spacial score (nSPS) is 11.8. The number of rotatable bonds is 1. The second-order valence-corrected chi connectivity index (χ2v) is 4.76. The molecule has 84 valence electrons. The second-order valence-electron chi connectivity index (χ2n) is 3.40. The van der Waals surface area contributed by atoms with Gasteiger partial charge >= 0.3 is 0 Å². The number of fused-ring (bicyclic) bond motifs is 1. The molecule has 0 aliphatic carbocycles. The molecule has 0 unspecified atom stereocenters. The predicted molar refractivity (Wildman–Crippen MR) is 62.6 cm³/mol. The van der Waals surface area contributed by atoms with Crippen molar-refractivity contribution in [1.82, 2.24) is 0 Å². The monoisotopic (exact) mass is 238 g/mol. The van der Waals surface area contributed by atoms with Gasteiger partial charge in [-0.15, -0.1) is 0 Å². The molecule has 0 amide bonds. The Morgan fingerprint density at radius 1 is 1.00 bits per heavy atom. The Hall–Kier alpha value is -1.79. The summed E-state index contributed by atoms with van der Waals surface area (Å²) >= 11 is 0. The maximum atomic E-state index is 11.2. The van der Waals surface area contributed by atoms with E-state index in [0.29, 0.717) is 16.5 Å². The molecule has 2 aromatic carbocycles. The fraction of sp³-hybridized carbons (Fsp3) is 0. The fourth-order valence-corrected chi connectivity index (χ4v) is 2.50. The third-order valence-corrected chi connectivity index (χ3v) is 3.29. The molecule has 6 heteroatoms. The van der Waals surface area contributed by atoms with Crippen molar-refractivity contribution >= 4 is 32.3 Å². The summed E-state index contributed by atoms with van der Waals surface area (Å²) in [5.74, 6) is 0. The molecule has 0 aliphatic rings. The minimum atomic E-state index is -4.36. The van der Waals surface area contributed by atoms with Crippen LogP contribution in [0.5, 0.6) is 0 Å². The summed E-state index contributed by atoms with van der Waals surface area (Å²) in [6, 6.07) is 7.91. The topological polar surface area (TPSA) is 106 Å². The first kappa shape index (κ1) is 10.7. The van der Waals surface area contributed by atoms with Gasteiger partial charge in [0.1, 0.15) is 4.90 Å². The molecule has 0 atom stereocenters. The lowest BCUT2D eigenvalue weighted by Gasteiger charge is -2.09. The van der Waals surface area contributed by atoms with Crippen LogP contribution in [0, 0.1) is 0 Å². The van der Waals surface area contributed by atoms with E-state index in [1.54, 1.807) is 24.3 Å². The molecule has 0 fully saturated rings. The van der Waals surface area contributed by atoms with E-state index < -0.39 is 10.1 Å². The highest BCUT2D eigenvalue weighted by atomic mass is 32.2. The van der Waals surface area contributed by atoms with Crippen LogP contribution in [0.4, 0.5) is 11.4 Å². The number of anilines is 2. The zero-order valence-corrected chi connectivity index (χ0v) is 9.03. The van der Waals surface area contributed by atoms with Gasteiger partial charge in [-0.05, 0) is 6.07 Å². The SMILES string of the molecule is Nc1cc(N)c2ccccc2c1S(=O)(=O)O. The molecule has 16 heavy (non-hydrogen) atoms. The Balaban J connectivity index is 3.05. The number of hydrogen-bond acceptors (Lipinski definition) is 4. The molecule has 5 nitrogen and oxygen atoms in total. The molecule has 0 bridgehead atoms. The third-order valence-electron chi connectivity index (χ3n) is 2.31. The Labute approximate surface area is 92.4 Å². The Morgan fingerprint density at radius 2 is 1.56 bits per heavy atom. The molecular weight excluding hydrogens is 228 g/mol. The number of hydrogen-bond donors (Lipinski definition) is 3. The maximum Gasteiger partial charge on any atom is 0.297 e. The molecule has 0 aliphatic heterocycles. The van der Waals surface area contributed by atoms with Crippen LogP contribution in [-0.4, -0.2) is 13.0 Å². The average molecular weight is 238 g/mol. The van der Waals surface area contributed by atoms with E-state index in [2.05, 4.69) is 0 Å². The molecule has 0 aromatic heterocycles. The lowest BCUT2D eigenvalue weighted by molar-refractivity contribution is 0.484. The van der Waals surface area contributed by atoms with Crippen molar-refractivity contribution in [3.05, 3.63) is 30.3 Å². The largest absolute Gasteiger partial charge is 0.398 e. The van der Waals surface area contributed by atoms with Crippen LogP contribution in [0.25, 0.3) is 10.8 Å². The van der Waals surface area contributed by atoms with Gasteiger partial charge in [-0.2, -0.15) is 8.42 Å². The number of benzene rings is 2. The summed E-state index contributed by atoms with van der Waals surface area (Å²) in [7, 11) is -4.36. The van der Waals surface area contributed by atoms with Gasteiger partial charge in [0.15, 0.2) is 0 Å². The zero-order chi connectivity index (χ0) is 11.9. The van der Waals surface area contributed by atoms with Gasteiger partial charge in [0.05, 0.1) is 5.69 Å². The van der Waals surface area contributed by atoms with Crippen LogP contribution >= 0.6 is 0 Å². The van der Waals surface area contributed by atoms with E-state index in [9.17, 15) is 8.42 Å². The first-order valence-corrected chi connectivity index (χ1v) is 5.89. The van der Waals surface area contributed by atoms with Gasteiger partial charge in [-0.1, -0.05) is 24.3 Å². The first-order valence-electron chi connectivity index (χ1n) is 4.45. The summed E-state index contributed by atoms with van der Waals surface area (Å²) in [6.45, 7) is 0. The van der Waals surface area contributed by atoms with Crippen molar-refractivity contribution < 1.29 is 13.0 Å². The van der Waals surface area contributed by atoms with E-state index >= 15 is 0 Å². The van der Waals surface area contributed by atoms with Crippen molar-refractivity contribution in [3.8, 4) is 0 Å². The average Bonchev–Trinajstić information content (AvgIpc) is 2.15. The molecule has 0 heterocycles. The molecule has 0 saturated heterocycles. The Kier molecular flexibility index (Phi) is 2.25. The minimum absolute atomic E-state index is 0.0568. The molecule has 0 radical (unpaired) electrons. The zero-order valence-electron chi connectivity index (χ0n) is 8.21. The molecule has 0 saturated carbocycles. The van der Waals surface area contributed by atoms with E-state index in [-0.39, 0.29) is 10.6 Å². The van der Waals surface area contributed by atoms with Crippen molar-refractivity contribution in [1.29, 1.82) is 0 Å². The maximum absolute atomic E-state index is 11.2. The number of nitrogens with two attached hydrogens (primary N) is 2. The predicted octanol–water partition coefficient (Wildman–Crippen LogP) is 1.25. The molecular formula is C10H10N2O3S. The van der Waals surface area contributed by atoms with Crippen molar-refractivity contribution in [3.63, 3.8) is 0 Å². The smallest absolute Gasteiger partial charge is 0.297 e. The molecule has 0 spiro atoms. The highest BCUT2D eigenvalue weighted by Gasteiger charge is 2.19. The van der Waals surface area contributed by atoms with Crippen LogP contribution in [0.15, 0.2) is 35.2 Å². The van der Waals surface area contributed by atoms with E-state index in [4.69, 9.17) is 16.0 Å². The lowest BCUT2D eigenvalue weighted by Crippen LogP contribution is -2.05. The number of nitrogen functional groups attached to an aromatic ring is 2. The summed E-state index contributed by atoms with van der Waals surface area (Å²) in [4.78, 5) is -0.294. The van der Waals surface area contributed by atoms with Crippen molar-refractivity contribution in [2.24, 2.45) is 0 Å². The molecule has 2 aromatic rings.